The molecule has 2 nitrogen and oxygen atoms in total. The summed E-state index contributed by atoms with van der Waals surface area (Å²) in [6, 6.07) is 6.65. The van der Waals surface area contributed by atoms with E-state index in [1.54, 1.807) is 0 Å². The molecule has 16 heavy (non-hydrogen) atoms. The van der Waals surface area contributed by atoms with Crippen molar-refractivity contribution in [2.24, 2.45) is 0 Å². The lowest BCUT2D eigenvalue weighted by atomic mass is 10.1. The lowest BCUT2D eigenvalue weighted by molar-refractivity contribution is 0.730. The molecule has 0 saturated heterocycles. The molecule has 0 radical (unpaired) electrons. The van der Waals surface area contributed by atoms with E-state index in [-0.39, 0.29) is 0 Å². The first kappa shape index (κ1) is 12.8. The molecule has 0 fully saturated rings. The first-order valence-electron chi connectivity index (χ1n) is 5.74. The first-order valence-corrected chi connectivity index (χ1v) is 5.74. The molecule has 0 aromatic heterocycles. The fraction of sp³-hybridized carbons (Fsp3) is 0.429. The third-order valence-corrected chi connectivity index (χ3v) is 2.56. The fourth-order valence-electron chi connectivity index (χ4n) is 1.75. The van der Waals surface area contributed by atoms with Gasteiger partial charge in [0.2, 0.25) is 0 Å². The lowest BCUT2D eigenvalue weighted by Gasteiger charge is -2.20. The van der Waals surface area contributed by atoms with E-state index in [0.29, 0.717) is 0 Å². The van der Waals surface area contributed by atoms with Crippen molar-refractivity contribution in [2.75, 3.05) is 31.6 Å². The molecule has 0 bridgehead atoms. The number of nitrogens with zero attached hydrogens (tertiary/aromatic N) is 1. The van der Waals surface area contributed by atoms with Crippen LogP contribution in [0.5, 0.6) is 0 Å². The van der Waals surface area contributed by atoms with Gasteiger partial charge in [-0.15, -0.1) is 6.58 Å². The topological polar surface area (TPSA) is 15.3 Å². The number of rotatable bonds is 6. The summed E-state index contributed by atoms with van der Waals surface area (Å²) in [6.45, 7) is 10.8. The Kier molecular flexibility index (Phi) is 5.06. The summed E-state index contributed by atoms with van der Waals surface area (Å²) in [6.07, 6.45) is 1.89. The van der Waals surface area contributed by atoms with Gasteiger partial charge in [-0.05, 0) is 37.1 Å². The molecule has 0 spiro atoms. The van der Waals surface area contributed by atoms with Crippen molar-refractivity contribution in [1.82, 2.24) is 5.32 Å². The van der Waals surface area contributed by atoms with Gasteiger partial charge in [0.1, 0.15) is 0 Å². The van der Waals surface area contributed by atoms with Crippen LogP contribution in [0.4, 0.5) is 5.69 Å². The Morgan fingerprint density at radius 2 is 1.88 bits per heavy atom. The van der Waals surface area contributed by atoms with Crippen molar-refractivity contribution in [3.63, 3.8) is 0 Å². The van der Waals surface area contributed by atoms with Gasteiger partial charge in [-0.3, -0.25) is 0 Å². The van der Waals surface area contributed by atoms with E-state index >= 15 is 0 Å². The van der Waals surface area contributed by atoms with Crippen LogP contribution in [0.2, 0.25) is 0 Å². The van der Waals surface area contributed by atoms with Gasteiger partial charge in [-0.1, -0.05) is 12.1 Å². The van der Waals surface area contributed by atoms with Crippen LogP contribution in [0.15, 0.2) is 30.9 Å². The summed E-state index contributed by atoms with van der Waals surface area (Å²) in [4.78, 5) is 2.27. The third-order valence-electron chi connectivity index (χ3n) is 2.56. The number of nitrogens with one attached hydrogen (secondary N) is 1. The standard InChI is InChI=1S/C14H22N2/c1-5-6-15-7-8-16(4)14-10-12(2)9-13(3)11-14/h5,9-11,15H,1,6-8H2,2-4H3. The highest BCUT2D eigenvalue weighted by Crippen LogP contribution is 2.16. The summed E-state index contributed by atoms with van der Waals surface area (Å²) in [7, 11) is 2.13. The lowest BCUT2D eigenvalue weighted by Crippen LogP contribution is -2.29. The van der Waals surface area contributed by atoms with Gasteiger partial charge in [0.25, 0.3) is 0 Å². The van der Waals surface area contributed by atoms with E-state index in [4.69, 9.17) is 0 Å². The first-order chi connectivity index (χ1) is 7.63. The van der Waals surface area contributed by atoms with Gasteiger partial charge < -0.3 is 10.2 Å². The van der Waals surface area contributed by atoms with E-state index in [1.807, 2.05) is 6.08 Å². The Morgan fingerprint density at radius 3 is 2.44 bits per heavy atom. The van der Waals surface area contributed by atoms with E-state index in [0.717, 1.165) is 19.6 Å². The molecule has 1 aromatic carbocycles. The highest BCUT2D eigenvalue weighted by atomic mass is 15.1. The normalized spacial score (nSPS) is 10.2. The maximum absolute atomic E-state index is 3.68. The number of hydrogen-bond donors (Lipinski definition) is 1. The average molecular weight is 218 g/mol. The SMILES string of the molecule is C=CCNCCN(C)c1cc(C)cc(C)c1. The zero-order valence-corrected chi connectivity index (χ0v) is 10.6. The van der Waals surface area contributed by atoms with Crippen molar-refractivity contribution in [1.29, 1.82) is 0 Å². The van der Waals surface area contributed by atoms with Crippen LogP contribution in [0, 0.1) is 13.8 Å². The molecule has 0 unspecified atom stereocenters. The summed E-state index contributed by atoms with van der Waals surface area (Å²) in [5.74, 6) is 0. The highest BCUT2D eigenvalue weighted by molar-refractivity contribution is 5.50. The molecule has 0 saturated carbocycles. The van der Waals surface area contributed by atoms with Crippen LogP contribution < -0.4 is 10.2 Å². The van der Waals surface area contributed by atoms with Crippen LogP contribution in [-0.4, -0.2) is 26.7 Å². The van der Waals surface area contributed by atoms with E-state index < -0.39 is 0 Å². The quantitative estimate of drug-likeness (QED) is 0.583. The number of benzene rings is 1. The summed E-state index contributed by atoms with van der Waals surface area (Å²) in [5.41, 5.74) is 3.93. The van der Waals surface area contributed by atoms with Crippen LogP contribution in [0.3, 0.4) is 0 Å². The van der Waals surface area contributed by atoms with Crippen molar-refractivity contribution < 1.29 is 0 Å². The molecule has 0 atom stereocenters. The smallest absolute Gasteiger partial charge is 0.0369 e. The molecule has 1 aromatic rings. The van der Waals surface area contributed by atoms with Crippen LogP contribution in [-0.2, 0) is 0 Å². The maximum Gasteiger partial charge on any atom is 0.0369 e. The van der Waals surface area contributed by atoms with Crippen LogP contribution >= 0.6 is 0 Å². The molecular formula is C14H22N2. The molecule has 1 N–H and O–H groups in total. The molecule has 0 aliphatic carbocycles. The molecule has 1 rings (SSSR count). The Morgan fingerprint density at radius 1 is 1.25 bits per heavy atom. The van der Waals surface area contributed by atoms with Crippen molar-refractivity contribution in [3.05, 3.63) is 42.0 Å². The molecule has 0 aliphatic rings. The molecule has 0 heterocycles. The zero-order chi connectivity index (χ0) is 12.0. The van der Waals surface area contributed by atoms with Crippen LogP contribution in [0.1, 0.15) is 11.1 Å². The highest BCUT2D eigenvalue weighted by Gasteiger charge is 2.01. The molecule has 0 amide bonds. The third kappa shape index (κ3) is 4.07. The number of anilines is 1. The minimum atomic E-state index is 0.876. The molecule has 88 valence electrons. The van der Waals surface area contributed by atoms with Gasteiger partial charge in [-0.2, -0.15) is 0 Å². The largest absolute Gasteiger partial charge is 0.373 e. The fourth-order valence-corrected chi connectivity index (χ4v) is 1.75. The van der Waals surface area contributed by atoms with E-state index in [1.165, 1.54) is 16.8 Å². The van der Waals surface area contributed by atoms with Crippen LogP contribution in [0.25, 0.3) is 0 Å². The molecule has 2 heteroatoms. The summed E-state index contributed by atoms with van der Waals surface area (Å²) < 4.78 is 0. The average Bonchev–Trinajstić information content (AvgIpc) is 2.22. The van der Waals surface area contributed by atoms with Gasteiger partial charge >= 0.3 is 0 Å². The maximum atomic E-state index is 3.68. The zero-order valence-electron chi connectivity index (χ0n) is 10.6. The second kappa shape index (κ2) is 6.33. The Hall–Kier alpha value is -1.28. The predicted octanol–water partition coefficient (Wildman–Crippen LogP) is 2.52. The van der Waals surface area contributed by atoms with E-state index in [2.05, 4.69) is 55.9 Å². The van der Waals surface area contributed by atoms with Crippen molar-refractivity contribution in [2.45, 2.75) is 13.8 Å². The van der Waals surface area contributed by atoms with Gasteiger partial charge in [0, 0.05) is 32.4 Å². The number of aryl methyl sites for hydroxylation is 2. The monoisotopic (exact) mass is 218 g/mol. The Balaban J connectivity index is 2.51. The molecule has 0 aliphatic heterocycles. The Labute approximate surface area is 99.0 Å². The number of hydrogen-bond acceptors (Lipinski definition) is 2. The summed E-state index contributed by atoms with van der Waals surface area (Å²) >= 11 is 0. The van der Waals surface area contributed by atoms with Crippen molar-refractivity contribution >= 4 is 5.69 Å². The van der Waals surface area contributed by atoms with Gasteiger partial charge in [0.05, 0.1) is 0 Å². The van der Waals surface area contributed by atoms with Gasteiger partial charge in [0.15, 0.2) is 0 Å². The second-order valence-electron chi connectivity index (χ2n) is 4.26. The summed E-state index contributed by atoms with van der Waals surface area (Å²) in [5, 5.41) is 3.31. The van der Waals surface area contributed by atoms with E-state index in [9.17, 15) is 0 Å². The second-order valence-corrected chi connectivity index (χ2v) is 4.26. The predicted molar refractivity (Wildman–Crippen MR) is 72.3 cm³/mol. The molecular weight excluding hydrogens is 196 g/mol. The minimum absolute atomic E-state index is 0.876. The van der Waals surface area contributed by atoms with Crippen molar-refractivity contribution in [3.8, 4) is 0 Å². The number of likely N-dealkylation sites (N-methyl/N-ethyl adjacent to an activating group) is 1. The van der Waals surface area contributed by atoms with Gasteiger partial charge in [-0.25, -0.2) is 0 Å². The minimum Gasteiger partial charge on any atom is -0.373 e. The Bertz CT molecular complexity index is 324.